The van der Waals surface area contributed by atoms with Crippen LogP contribution in [0.3, 0.4) is 0 Å². The third-order valence-electron chi connectivity index (χ3n) is 3.04. The van der Waals surface area contributed by atoms with E-state index in [1.54, 1.807) is 6.07 Å². The number of hydrogen-bond donors (Lipinski definition) is 2. The van der Waals surface area contributed by atoms with Crippen molar-refractivity contribution in [1.29, 1.82) is 0 Å². The van der Waals surface area contributed by atoms with Crippen LogP contribution in [-0.2, 0) is 4.79 Å². The molecule has 0 aliphatic carbocycles. The van der Waals surface area contributed by atoms with E-state index in [1.165, 1.54) is 18.2 Å². The molecule has 7 heteroatoms. The molecule has 1 fully saturated rings. The van der Waals surface area contributed by atoms with Gasteiger partial charge in [-0.3, -0.25) is 4.79 Å². The summed E-state index contributed by atoms with van der Waals surface area (Å²) in [5.74, 6) is -0.417. The number of nitrogens with one attached hydrogen (secondary N) is 2. The normalized spacial score (nSPS) is 19.6. The Morgan fingerprint density at radius 2 is 2.10 bits per heavy atom. The lowest BCUT2D eigenvalue weighted by Crippen LogP contribution is -2.37. The fraction of sp³-hybridized carbons (Fsp3) is 0.462. The number of benzene rings is 1. The zero-order chi connectivity index (χ0) is 14.6. The summed E-state index contributed by atoms with van der Waals surface area (Å²) in [5, 5.41) is 5.71. The summed E-state index contributed by atoms with van der Waals surface area (Å²) in [6.07, 6.45) is 1.66. The topological polar surface area (TPSA) is 41.1 Å². The molecular weight excluding hydrogens is 289 g/mol. The van der Waals surface area contributed by atoms with Gasteiger partial charge in [-0.2, -0.15) is 13.2 Å². The van der Waals surface area contributed by atoms with Crippen molar-refractivity contribution < 1.29 is 18.0 Å². The van der Waals surface area contributed by atoms with E-state index in [2.05, 4.69) is 10.6 Å². The van der Waals surface area contributed by atoms with E-state index >= 15 is 0 Å². The zero-order valence-electron chi connectivity index (χ0n) is 10.7. The molecule has 0 unspecified atom stereocenters. The molecule has 1 heterocycles. The molecule has 110 valence electrons. The van der Waals surface area contributed by atoms with Crippen LogP contribution < -0.4 is 10.6 Å². The van der Waals surface area contributed by atoms with Gasteiger partial charge in [-0.1, -0.05) is 12.1 Å². The molecule has 1 aromatic carbocycles. The Kier molecular flexibility index (Phi) is 4.93. The van der Waals surface area contributed by atoms with Gasteiger partial charge < -0.3 is 10.6 Å². The molecule has 1 aliphatic rings. The van der Waals surface area contributed by atoms with Gasteiger partial charge in [0.15, 0.2) is 0 Å². The Morgan fingerprint density at radius 1 is 1.35 bits per heavy atom. The first-order valence-corrected chi connectivity index (χ1v) is 7.14. The monoisotopic (exact) mass is 304 g/mol. The predicted octanol–water partition coefficient (Wildman–Crippen LogP) is 3.24. The molecule has 3 nitrogen and oxygen atoms in total. The van der Waals surface area contributed by atoms with Crippen molar-refractivity contribution in [2.45, 2.75) is 23.2 Å². The summed E-state index contributed by atoms with van der Waals surface area (Å²) in [7, 11) is 0. The Balaban J connectivity index is 2.06. The summed E-state index contributed by atoms with van der Waals surface area (Å²) >= 11 is -0.214. The molecule has 0 saturated carbocycles. The van der Waals surface area contributed by atoms with Crippen LogP contribution in [-0.4, -0.2) is 24.5 Å². The smallest absolute Gasteiger partial charge is 0.325 e. The lowest BCUT2D eigenvalue weighted by atomic mass is 9.99. The fourth-order valence-corrected chi connectivity index (χ4v) is 2.72. The van der Waals surface area contributed by atoms with Gasteiger partial charge in [0.25, 0.3) is 0 Å². The molecule has 0 spiro atoms. The van der Waals surface area contributed by atoms with E-state index < -0.39 is 5.51 Å². The van der Waals surface area contributed by atoms with Gasteiger partial charge in [0.05, 0.1) is 11.6 Å². The first-order chi connectivity index (χ1) is 9.46. The van der Waals surface area contributed by atoms with Crippen molar-refractivity contribution in [3.05, 3.63) is 24.3 Å². The van der Waals surface area contributed by atoms with E-state index in [-0.39, 0.29) is 34.2 Å². The quantitative estimate of drug-likeness (QED) is 0.842. The number of carbonyl (C=O) groups is 1. The lowest BCUT2D eigenvalue weighted by Gasteiger charge is -2.22. The second kappa shape index (κ2) is 6.49. The van der Waals surface area contributed by atoms with Gasteiger partial charge in [-0.25, -0.2) is 0 Å². The number of piperidine rings is 1. The van der Waals surface area contributed by atoms with Crippen molar-refractivity contribution in [3.8, 4) is 0 Å². The van der Waals surface area contributed by atoms with E-state index in [9.17, 15) is 18.0 Å². The molecule has 2 N–H and O–H groups in total. The van der Waals surface area contributed by atoms with Gasteiger partial charge in [-0.05, 0) is 43.3 Å². The number of amides is 1. The summed E-state index contributed by atoms with van der Waals surface area (Å²) in [5.41, 5.74) is -4.15. The molecule has 1 aliphatic heterocycles. The van der Waals surface area contributed by atoms with E-state index in [4.69, 9.17) is 0 Å². The predicted molar refractivity (Wildman–Crippen MR) is 72.6 cm³/mol. The van der Waals surface area contributed by atoms with E-state index in [1.807, 2.05) is 0 Å². The summed E-state index contributed by atoms with van der Waals surface area (Å²) < 4.78 is 37.4. The van der Waals surface area contributed by atoms with Crippen LogP contribution in [0.15, 0.2) is 29.2 Å². The first kappa shape index (κ1) is 15.2. The number of halogens is 3. The van der Waals surface area contributed by atoms with Gasteiger partial charge >= 0.3 is 5.51 Å². The van der Waals surface area contributed by atoms with Crippen molar-refractivity contribution in [2.75, 3.05) is 18.4 Å². The molecule has 0 aromatic heterocycles. The maximum Gasteiger partial charge on any atom is 0.446 e. The second-order valence-electron chi connectivity index (χ2n) is 4.58. The van der Waals surface area contributed by atoms with Crippen molar-refractivity contribution in [2.24, 2.45) is 5.92 Å². The number of alkyl halides is 3. The lowest BCUT2D eigenvalue weighted by molar-refractivity contribution is -0.120. The molecule has 1 amide bonds. The SMILES string of the molecule is O=C(Nc1ccccc1SC(F)(F)F)[C@H]1CCCNC1. The third kappa shape index (κ3) is 4.42. The van der Waals surface area contributed by atoms with Crippen molar-refractivity contribution >= 4 is 23.4 Å². The fourth-order valence-electron chi connectivity index (χ4n) is 2.09. The first-order valence-electron chi connectivity index (χ1n) is 6.32. The Labute approximate surface area is 119 Å². The third-order valence-corrected chi connectivity index (χ3v) is 3.85. The molecule has 1 saturated heterocycles. The van der Waals surface area contributed by atoms with Crippen LogP contribution in [0.2, 0.25) is 0 Å². The zero-order valence-corrected chi connectivity index (χ0v) is 11.5. The minimum atomic E-state index is -4.37. The molecular formula is C13H15F3N2OS. The van der Waals surface area contributed by atoms with Gasteiger partial charge in [0.2, 0.25) is 5.91 Å². The largest absolute Gasteiger partial charge is 0.446 e. The number of rotatable bonds is 3. The van der Waals surface area contributed by atoms with Crippen molar-refractivity contribution in [3.63, 3.8) is 0 Å². The summed E-state index contributed by atoms with van der Waals surface area (Å²) in [6.45, 7) is 1.45. The van der Waals surface area contributed by atoms with Crippen LogP contribution >= 0.6 is 11.8 Å². The van der Waals surface area contributed by atoms with E-state index in [0.29, 0.717) is 6.54 Å². The molecule has 0 bridgehead atoms. The summed E-state index contributed by atoms with van der Waals surface area (Å²) in [6, 6.07) is 5.97. The highest BCUT2D eigenvalue weighted by Crippen LogP contribution is 2.40. The van der Waals surface area contributed by atoms with Crippen LogP contribution in [0, 0.1) is 5.92 Å². The minimum absolute atomic E-state index is 0.0112. The van der Waals surface area contributed by atoms with Gasteiger partial charge in [-0.15, -0.1) is 0 Å². The number of anilines is 1. The van der Waals surface area contributed by atoms with Crippen LogP contribution in [0.25, 0.3) is 0 Å². The highest BCUT2D eigenvalue weighted by atomic mass is 32.2. The minimum Gasteiger partial charge on any atom is -0.325 e. The average Bonchev–Trinajstić information content (AvgIpc) is 2.40. The van der Waals surface area contributed by atoms with Crippen molar-refractivity contribution in [1.82, 2.24) is 5.32 Å². The van der Waals surface area contributed by atoms with Gasteiger partial charge in [0.1, 0.15) is 0 Å². The van der Waals surface area contributed by atoms with E-state index in [0.717, 1.165) is 19.4 Å². The molecule has 1 atom stereocenters. The Morgan fingerprint density at radius 3 is 2.75 bits per heavy atom. The summed E-state index contributed by atoms with van der Waals surface area (Å²) in [4.78, 5) is 12.1. The highest BCUT2D eigenvalue weighted by Gasteiger charge is 2.31. The standard InChI is InChI=1S/C13H15F3N2OS/c14-13(15,16)20-11-6-2-1-5-10(11)18-12(19)9-4-3-7-17-8-9/h1-2,5-6,9,17H,3-4,7-8H2,(H,18,19)/t9-/m0/s1. The molecule has 20 heavy (non-hydrogen) atoms. The van der Waals surface area contributed by atoms with Gasteiger partial charge in [0, 0.05) is 11.4 Å². The molecule has 1 aromatic rings. The highest BCUT2D eigenvalue weighted by molar-refractivity contribution is 8.00. The maximum absolute atomic E-state index is 12.5. The van der Waals surface area contributed by atoms with Crippen LogP contribution in [0.1, 0.15) is 12.8 Å². The van der Waals surface area contributed by atoms with Crippen LogP contribution in [0.4, 0.5) is 18.9 Å². The number of para-hydroxylation sites is 1. The van der Waals surface area contributed by atoms with Crippen LogP contribution in [0.5, 0.6) is 0 Å². The average molecular weight is 304 g/mol. The Hall–Kier alpha value is -1.21. The number of thioether (sulfide) groups is 1. The maximum atomic E-state index is 12.5. The number of hydrogen-bond acceptors (Lipinski definition) is 3. The second-order valence-corrected chi connectivity index (χ2v) is 5.68. The molecule has 0 radical (unpaired) electrons. The number of carbonyl (C=O) groups excluding carboxylic acids is 1. The Bertz CT molecular complexity index is 473. The molecule has 2 rings (SSSR count).